The van der Waals surface area contributed by atoms with Crippen LogP contribution in [-0.2, 0) is 20.4 Å². The van der Waals surface area contributed by atoms with Crippen LogP contribution in [0.15, 0.2) is 144 Å². The van der Waals surface area contributed by atoms with E-state index in [4.69, 9.17) is 11.5 Å². The van der Waals surface area contributed by atoms with Gasteiger partial charge in [0.05, 0.1) is 17.5 Å². The normalized spacial score (nSPS) is 17.9. The molecule has 0 bridgehead atoms. The Balaban J connectivity index is 1.43. The molecule has 2 heterocycles. The highest BCUT2D eigenvalue weighted by Gasteiger charge is 2.44. The van der Waals surface area contributed by atoms with Crippen molar-refractivity contribution in [3.05, 3.63) is 177 Å². The number of benzene rings is 4. The topological polar surface area (TPSA) is 95.7 Å². The Morgan fingerprint density at radius 3 is 1.84 bits per heavy atom. The fourth-order valence-electron chi connectivity index (χ4n) is 8.67. The minimum absolute atomic E-state index is 0.251. The molecule has 7 rings (SSSR count). The summed E-state index contributed by atoms with van der Waals surface area (Å²) in [5.74, 6) is -0.643. The molecule has 0 atom stereocenters. The average Bonchev–Trinajstić information content (AvgIpc) is 3.73. The van der Waals surface area contributed by atoms with Crippen molar-refractivity contribution < 1.29 is 14.2 Å². The van der Waals surface area contributed by atoms with E-state index in [0.29, 0.717) is 13.1 Å². The highest BCUT2D eigenvalue weighted by Crippen LogP contribution is 2.49. The first kappa shape index (κ1) is 40.0. The number of nitrogens with zero attached hydrogens (tertiary/aromatic N) is 3. The van der Waals surface area contributed by atoms with Crippen LogP contribution in [0.2, 0.25) is 0 Å². The van der Waals surface area contributed by atoms with Crippen molar-refractivity contribution in [2.45, 2.75) is 79.1 Å². The van der Waals surface area contributed by atoms with Gasteiger partial charge in [-0.1, -0.05) is 96.8 Å². The molecule has 58 heavy (non-hydrogen) atoms. The molecule has 0 spiro atoms. The molecule has 0 saturated carbocycles. The number of carbonyl (C=O) groups is 2. The summed E-state index contributed by atoms with van der Waals surface area (Å²) in [7, 11) is 0. The van der Waals surface area contributed by atoms with E-state index in [1.807, 2.05) is 0 Å². The minimum atomic E-state index is -0.321. The van der Waals surface area contributed by atoms with Crippen molar-refractivity contribution in [3.63, 3.8) is 0 Å². The van der Waals surface area contributed by atoms with Crippen LogP contribution in [0, 0.1) is 27.7 Å². The number of amides is 2. The van der Waals surface area contributed by atoms with E-state index in [-0.39, 0.29) is 35.5 Å². The Labute approximate surface area is 344 Å². The fraction of sp³-hybridized carbons (Fsp3) is 0.275. The molecule has 0 fully saturated rings. The lowest BCUT2D eigenvalue weighted by atomic mass is 9.80. The number of hydrogen-bond acceptors (Lipinski definition) is 4. The quantitative estimate of drug-likeness (QED) is 0.140. The van der Waals surface area contributed by atoms with Crippen LogP contribution in [0.4, 0.5) is 22.7 Å². The third-order valence-electron chi connectivity index (χ3n) is 11.9. The van der Waals surface area contributed by atoms with Gasteiger partial charge in [0.1, 0.15) is 0 Å². The molecular weight excluding hydrogens is 715 g/mol. The molecule has 4 aromatic carbocycles. The number of fused-ring (bicyclic) bond motifs is 2. The van der Waals surface area contributed by atoms with E-state index in [2.05, 4.69) is 191 Å². The van der Waals surface area contributed by atoms with Gasteiger partial charge < -0.3 is 21.3 Å². The highest BCUT2D eigenvalue weighted by molar-refractivity contribution is 6.03. The van der Waals surface area contributed by atoms with Gasteiger partial charge in [0, 0.05) is 58.8 Å². The fourth-order valence-corrected chi connectivity index (χ4v) is 8.67. The molecule has 0 unspecified atom stereocenters. The Morgan fingerprint density at radius 1 is 0.672 bits per heavy atom. The molecule has 1 aliphatic carbocycles. The number of carbonyl (C=O) groups excluding carboxylic acids is 2. The summed E-state index contributed by atoms with van der Waals surface area (Å²) in [5, 5.41) is 0. The van der Waals surface area contributed by atoms with E-state index in [1.54, 1.807) is 0 Å². The molecule has 296 valence electrons. The summed E-state index contributed by atoms with van der Waals surface area (Å²) in [5.41, 5.74) is 27.7. The van der Waals surface area contributed by atoms with Crippen molar-refractivity contribution in [2.24, 2.45) is 11.5 Å². The van der Waals surface area contributed by atoms with E-state index < -0.39 is 0 Å². The minimum Gasteiger partial charge on any atom is -0.370 e. The lowest BCUT2D eigenvalue weighted by Crippen LogP contribution is -2.29. The van der Waals surface area contributed by atoms with Gasteiger partial charge in [-0.2, -0.15) is 4.58 Å². The van der Waals surface area contributed by atoms with E-state index in [0.717, 1.165) is 51.0 Å². The van der Waals surface area contributed by atoms with Crippen LogP contribution >= 0.6 is 0 Å². The van der Waals surface area contributed by atoms with Crippen molar-refractivity contribution in [1.29, 1.82) is 0 Å². The van der Waals surface area contributed by atoms with Gasteiger partial charge >= 0.3 is 0 Å². The van der Waals surface area contributed by atoms with E-state index in [9.17, 15) is 9.59 Å². The predicted molar refractivity (Wildman–Crippen MR) is 239 cm³/mol. The Kier molecular flexibility index (Phi) is 10.8. The SMILES string of the molecule is Cc1ccc(N(C2=C(/C=C/C3=[N+](CCC(N)=O)c4ccc(C)cc4C3(C)C)C=C/C2=C\C=C2\N(CCC(N)=O)c3ccc(C)cc3C2(C)C)c2ccc(C)cc2)cc1. The van der Waals surface area contributed by atoms with Gasteiger partial charge in [-0.05, 0) is 107 Å². The van der Waals surface area contributed by atoms with Crippen LogP contribution in [0.3, 0.4) is 0 Å². The second kappa shape index (κ2) is 15.6. The first-order valence-corrected chi connectivity index (χ1v) is 20.2. The third-order valence-corrected chi connectivity index (χ3v) is 11.9. The maximum atomic E-state index is 12.1. The molecule has 4 N–H and O–H groups in total. The number of anilines is 3. The lowest BCUT2D eigenvalue weighted by molar-refractivity contribution is -0.436. The zero-order valence-electron chi connectivity index (χ0n) is 35.2. The maximum Gasteiger partial charge on any atom is 0.223 e. The van der Waals surface area contributed by atoms with E-state index in [1.165, 1.54) is 33.4 Å². The zero-order chi connectivity index (χ0) is 41.5. The maximum absolute atomic E-state index is 12.1. The largest absolute Gasteiger partial charge is 0.370 e. The molecule has 3 aliphatic rings. The second-order valence-corrected chi connectivity index (χ2v) is 17.1. The van der Waals surface area contributed by atoms with Gasteiger partial charge in [0.2, 0.25) is 17.5 Å². The van der Waals surface area contributed by atoms with Crippen LogP contribution < -0.4 is 21.3 Å². The summed E-state index contributed by atoms with van der Waals surface area (Å²) in [6.45, 7) is 18.5. The van der Waals surface area contributed by atoms with Crippen LogP contribution in [0.25, 0.3) is 0 Å². The number of nitrogens with two attached hydrogens (primary N) is 2. The molecule has 0 radical (unpaired) electrons. The number of allylic oxidation sites excluding steroid dienone is 8. The molecule has 7 heteroatoms. The zero-order valence-corrected chi connectivity index (χ0v) is 35.2. The summed E-state index contributed by atoms with van der Waals surface area (Å²) < 4.78 is 2.26. The second-order valence-electron chi connectivity index (χ2n) is 17.1. The van der Waals surface area contributed by atoms with E-state index >= 15 is 0 Å². The number of rotatable bonds is 12. The molecule has 2 amide bonds. The van der Waals surface area contributed by atoms with Gasteiger partial charge in [0.25, 0.3) is 0 Å². The summed E-state index contributed by atoms with van der Waals surface area (Å²) in [4.78, 5) is 28.8. The molecule has 2 aliphatic heterocycles. The Hall–Kier alpha value is -6.21. The third kappa shape index (κ3) is 7.61. The van der Waals surface area contributed by atoms with Gasteiger partial charge in [-0.25, -0.2) is 0 Å². The molecule has 0 saturated heterocycles. The molecule has 4 aromatic rings. The first-order chi connectivity index (χ1) is 27.6. The van der Waals surface area contributed by atoms with Crippen molar-refractivity contribution in [2.75, 3.05) is 22.9 Å². The van der Waals surface area contributed by atoms with Crippen molar-refractivity contribution in [3.8, 4) is 0 Å². The van der Waals surface area contributed by atoms with Crippen LogP contribution in [-0.4, -0.2) is 35.2 Å². The standard InChI is InChI=1S/C51H55N5O2/c1-33-9-19-39(20-10-33)56(40-21-11-34(2)12-22-40)49-37(17-25-45-50(5,6)41-31-35(3)13-23-43(41)54(45)29-27-47(52)57)15-16-38(49)18-26-46-51(7,8)42-32-36(4)14-24-44(42)55(46)30-28-48(53)58/h9-26,31-32H,27-30H2,1-8H3,(H3-,52,53,57,58)/p+1. The van der Waals surface area contributed by atoms with Gasteiger partial charge in [-0.15, -0.1) is 0 Å². The van der Waals surface area contributed by atoms with Crippen LogP contribution in [0.5, 0.6) is 0 Å². The number of aryl methyl sites for hydroxylation is 4. The molecule has 0 aromatic heterocycles. The van der Waals surface area contributed by atoms with Gasteiger partial charge in [0.15, 0.2) is 12.3 Å². The molecular formula is C51H56N5O2+. The van der Waals surface area contributed by atoms with Crippen molar-refractivity contribution >= 4 is 40.3 Å². The summed E-state index contributed by atoms with van der Waals surface area (Å²) in [6, 6.07) is 30.5. The highest BCUT2D eigenvalue weighted by atomic mass is 16.1. The lowest BCUT2D eigenvalue weighted by Gasteiger charge is -2.29. The smallest absolute Gasteiger partial charge is 0.223 e. The van der Waals surface area contributed by atoms with Crippen molar-refractivity contribution in [1.82, 2.24) is 0 Å². The monoisotopic (exact) mass is 770 g/mol. The van der Waals surface area contributed by atoms with Crippen LogP contribution in [0.1, 0.15) is 73.9 Å². The van der Waals surface area contributed by atoms with Gasteiger partial charge in [-0.3, -0.25) is 9.59 Å². The number of hydrogen-bond donors (Lipinski definition) is 2. The summed E-state index contributed by atoms with van der Waals surface area (Å²) >= 11 is 0. The average molecular weight is 771 g/mol. The Bertz CT molecular complexity index is 2440. The Morgan fingerprint density at radius 2 is 1.24 bits per heavy atom. The summed E-state index contributed by atoms with van der Waals surface area (Å²) in [6.07, 6.45) is 13.8. The predicted octanol–water partition coefficient (Wildman–Crippen LogP) is 9.87. The first-order valence-electron chi connectivity index (χ1n) is 20.2. The number of primary amides is 2. The molecule has 7 nitrogen and oxygen atoms in total.